The molecule has 3 atom stereocenters. The topological polar surface area (TPSA) is 42.8 Å². The second-order valence-corrected chi connectivity index (χ2v) is 10.3. The summed E-state index contributed by atoms with van der Waals surface area (Å²) in [6.07, 6.45) is 7.72. The Morgan fingerprint density at radius 3 is 2.56 bits per heavy atom. The molecule has 4 aromatic rings. The van der Waals surface area contributed by atoms with Crippen LogP contribution >= 0.6 is 0 Å². The molecule has 0 bridgehead atoms. The van der Waals surface area contributed by atoms with Gasteiger partial charge in [-0.15, -0.1) is 0 Å². The second-order valence-electron chi connectivity index (χ2n) is 10.3. The molecule has 4 nitrogen and oxygen atoms in total. The van der Waals surface area contributed by atoms with Crippen molar-refractivity contribution in [1.29, 1.82) is 0 Å². The molecule has 0 saturated carbocycles. The molecular formula is C35H34N2O2. The van der Waals surface area contributed by atoms with E-state index >= 15 is 0 Å². The zero-order valence-corrected chi connectivity index (χ0v) is 22.5. The molecule has 0 saturated heterocycles. The van der Waals surface area contributed by atoms with Crippen molar-refractivity contribution in [3.8, 4) is 11.5 Å². The third-order valence-corrected chi connectivity index (χ3v) is 7.64. The fourth-order valence-corrected chi connectivity index (χ4v) is 5.69. The molecule has 0 aromatic heterocycles. The lowest BCUT2D eigenvalue weighted by Gasteiger charge is -2.37. The molecule has 2 aliphatic rings. The third-order valence-electron chi connectivity index (χ3n) is 7.64. The van der Waals surface area contributed by atoms with Crippen LogP contribution in [0, 0.1) is 12.8 Å². The highest BCUT2D eigenvalue weighted by Gasteiger charge is 2.37. The minimum absolute atomic E-state index is 0.287. The average molecular weight is 515 g/mol. The summed E-state index contributed by atoms with van der Waals surface area (Å²) in [5, 5.41) is 3.83. The Bertz CT molecular complexity index is 1490. The molecule has 1 N–H and O–H groups in total. The van der Waals surface area contributed by atoms with Gasteiger partial charge >= 0.3 is 0 Å². The first-order valence-corrected chi connectivity index (χ1v) is 13.8. The Kier molecular flexibility index (Phi) is 7.18. The number of rotatable bonds is 8. The Balaban J connectivity index is 1.16. The summed E-state index contributed by atoms with van der Waals surface area (Å²) in [7, 11) is 0. The van der Waals surface area contributed by atoms with Gasteiger partial charge in [-0.3, -0.25) is 4.99 Å². The summed E-state index contributed by atoms with van der Waals surface area (Å²) in [6, 6.07) is 31.8. The Hall–Kier alpha value is -4.31. The lowest BCUT2D eigenvalue weighted by molar-refractivity contribution is 0.269. The van der Waals surface area contributed by atoms with E-state index in [4.69, 9.17) is 14.5 Å². The van der Waals surface area contributed by atoms with Gasteiger partial charge in [0.2, 0.25) is 0 Å². The maximum absolute atomic E-state index is 6.04. The van der Waals surface area contributed by atoms with E-state index in [1.807, 2.05) is 49.5 Å². The van der Waals surface area contributed by atoms with Crippen LogP contribution in [-0.4, -0.2) is 12.8 Å². The first kappa shape index (κ1) is 25.0. The number of nitrogens with one attached hydrogen (secondary N) is 1. The maximum Gasteiger partial charge on any atom is 0.161 e. The number of aliphatic imine (C=N–C) groups is 1. The van der Waals surface area contributed by atoms with E-state index in [-0.39, 0.29) is 6.04 Å². The summed E-state index contributed by atoms with van der Waals surface area (Å²) in [5.74, 6) is 2.47. The molecule has 0 unspecified atom stereocenters. The van der Waals surface area contributed by atoms with Crippen molar-refractivity contribution < 1.29 is 9.47 Å². The van der Waals surface area contributed by atoms with E-state index in [0.29, 0.717) is 25.0 Å². The Labute approximate surface area is 231 Å². The van der Waals surface area contributed by atoms with Crippen molar-refractivity contribution in [1.82, 2.24) is 0 Å². The van der Waals surface area contributed by atoms with Crippen LogP contribution in [0.5, 0.6) is 11.5 Å². The highest BCUT2D eigenvalue weighted by Crippen LogP contribution is 2.50. The summed E-state index contributed by atoms with van der Waals surface area (Å²) < 4.78 is 11.9. The number of ether oxygens (including phenoxy) is 2. The molecule has 4 heteroatoms. The van der Waals surface area contributed by atoms with Gasteiger partial charge in [-0.2, -0.15) is 0 Å². The van der Waals surface area contributed by atoms with Crippen LogP contribution in [0.3, 0.4) is 0 Å². The molecular weight excluding hydrogens is 480 g/mol. The van der Waals surface area contributed by atoms with E-state index in [2.05, 4.69) is 79.0 Å². The number of allylic oxidation sites excluding steroid dienone is 2. The van der Waals surface area contributed by atoms with Gasteiger partial charge in [0.15, 0.2) is 11.5 Å². The lowest BCUT2D eigenvalue weighted by atomic mass is 9.76. The van der Waals surface area contributed by atoms with E-state index < -0.39 is 0 Å². The van der Waals surface area contributed by atoms with Crippen LogP contribution in [0.1, 0.15) is 53.1 Å². The zero-order valence-electron chi connectivity index (χ0n) is 22.5. The lowest BCUT2D eigenvalue weighted by Crippen LogP contribution is -2.29. The zero-order chi connectivity index (χ0) is 26.6. The summed E-state index contributed by atoms with van der Waals surface area (Å²) in [6.45, 7) is 5.22. The maximum atomic E-state index is 6.04. The van der Waals surface area contributed by atoms with Gasteiger partial charge in [0.05, 0.1) is 18.3 Å². The number of anilines is 1. The van der Waals surface area contributed by atoms with Crippen molar-refractivity contribution in [2.45, 2.75) is 38.8 Å². The normalized spacial score (nSPS) is 19.4. The highest BCUT2D eigenvalue weighted by molar-refractivity contribution is 5.83. The Morgan fingerprint density at radius 1 is 0.897 bits per heavy atom. The molecule has 1 aliphatic heterocycles. The van der Waals surface area contributed by atoms with Gasteiger partial charge in [0, 0.05) is 17.8 Å². The summed E-state index contributed by atoms with van der Waals surface area (Å²) in [5.41, 5.74) is 8.31. The fourth-order valence-electron chi connectivity index (χ4n) is 5.69. The van der Waals surface area contributed by atoms with Crippen molar-refractivity contribution in [3.05, 3.63) is 131 Å². The number of hydrogen-bond donors (Lipinski definition) is 1. The molecule has 0 radical (unpaired) electrons. The fraction of sp³-hybridized carbons (Fsp3) is 0.229. The van der Waals surface area contributed by atoms with Gasteiger partial charge < -0.3 is 14.8 Å². The summed E-state index contributed by atoms with van der Waals surface area (Å²) >= 11 is 0. The molecule has 6 rings (SSSR count). The van der Waals surface area contributed by atoms with Crippen LogP contribution < -0.4 is 14.8 Å². The third kappa shape index (κ3) is 5.46. The minimum Gasteiger partial charge on any atom is -0.490 e. The van der Waals surface area contributed by atoms with Crippen LogP contribution in [0.25, 0.3) is 0 Å². The van der Waals surface area contributed by atoms with Gasteiger partial charge in [0.25, 0.3) is 0 Å². The Morgan fingerprint density at radius 2 is 1.74 bits per heavy atom. The largest absolute Gasteiger partial charge is 0.490 e. The number of benzene rings is 4. The quantitative estimate of drug-likeness (QED) is 0.189. The molecule has 1 aliphatic carbocycles. The van der Waals surface area contributed by atoms with Crippen molar-refractivity contribution in [2.75, 3.05) is 11.9 Å². The smallest absolute Gasteiger partial charge is 0.161 e. The van der Waals surface area contributed by atoms with Gasteiger partial charge in [-0.05, 0) is 84.8 Å². The first-order chi connectivity index (χ1) is 19.2. The van der Waals surface area contributed by atoms with Crippen LogP contribution in [0.2, 0.25) is 0 Å². The molecule has 196 valence electrons. The summed E-state index contributed by atoms with van der Waals surface area (Å²) in [4.78, 5) is 4.75. The molecule has 1 heterocycles. The van der Waals surface area contributed by atoms with Gasteiger partial charge in [-0.1, -0.05) is 72.3 Å². The standard InChI is InChI=1S/C35H34N2O2/c1-3-38-34-21-26(13-19-33(34)39-23-25-8-5-4-6-9-25)22-36-28-16-14-27(15-17-28)35-30-11-7-10-29(30)31-20-24(2)12-18-32(31)37-35/h4-10,12-22,29-30,35,37H,3,11,23H2,1-2H3/t29-,30-,35+/m1/s1. The second kappa shape index (κ2) is 11.2. The van der Waals surface area contributed by atoms with Crippen LogP contribution in [0.15, 0.2) is 108 Å². The van der Waals surface area contributed by atoms with Crippen LogP contribution in [0.4, 0.5) is 11.4 Å². The molecule has 0 spiro atoms. The number of aryl methyl sites for hydroxylation is 1. The molecule has 0 amide bonds. The monoisotopic (exact) mass is 514 g/mol. The van der Waals surface area contributed by atoms with Crippen molar-refractivity contribution >= 4 is 17.6 Å². The molecule has 0 fully saturated rings. The van der Waals surface area contributed by atoms with Crippen LogP contribution in [-0.2, 0) is 6.61 Å². The van der Waals surface area contributed by atoms with E-state index in [1.165, 1.54) is 22.4 Å². The van der Waals surface area contributed by atoms with E-state index in [0.717, 1.165) is 34.7 Å². The number of nitrogens with zero attached hydrogens (tertiary/aromatic N) is 1. The SMILES string of the molecule is CCOc1cc(C=Nc2ccc([C@@H]3Nc4ccc(C)cc4[C@@H]4C=CC[C@H]43)cc2)ccc1OCc1ccccc1. The first-order valence-electron chi connectivity index (χ1n) is 13.8. The van der Waals surface area contributed by atoms with Gasteiger partial charge in [0.1, 0.15) is 6.61 Å². The van der Waals surface area contributed by atoms with E-state index in [9.17, 15) is 0 Å². The highest BCUT2D eigenvalue weighted by atomic mass is 16.5. The van der Waals surface area contributed by atoms with Crippen molar-refractivity contribution in [2.24, 2.45) is 10.9 Å². The predicted octanol–water partition coefficient (Wildman–Crippen LogP) is 8.55. The molecule has 4 aromatic carbocycles. The predicted molar refractivity (Wildman–Crippen MR) is 160 cm³/mol. The van der Waals surface area contributed by atoms with Crippen molar-refractivity contribution in [3.63, 3.8) is 0 Å². The number of fused-ring (bicyclic) bond motifs is 3. The van der Waals surface area contributed by atoms with Gasteiger partial charge in [-0.25, -0.2) is 0 Å². The minimum atomic E-state index is 0.287. The average Bonchev–Trinajstić information content (AvgIpc) is 3.47. The molecule has 39 heavy (non-hydrogen) atoms. The number of hydrogen-bond acceptors (Lipinski definition) is 4. The van der Waals surface area contributed by atoms with E-state index in [1.54, 1.807) is 0 Å².